The van der Waals surface area contributed by atoms with Crippen molar-refractivity contribution < 1.29 is 4.39 Å². The van der Waals surface area contributed by atoms with E-state index in [1.165, 1.54) is 0 Å². The van der Waals surface area contributed by atoms with Crippen LogP contribution in [0.3, 0.4) is 0 Å². The van der Waals surface area contributed by atoms with E-state index in [0.29, 0.717) is 28.7 Å². The van der Waals surface area contributed by atoms with E-state index in [0.717, 1.165) is 38.5 Å². The normalized spacial score (nSPS) is 11.3. The molecule has 5 heteroatoms. The van der Waals surface area contributed by atoms with Gasteiger partial charge in [-0.05, 0) is 36.8 Å². The van der Waals surface area contributed by atoms with Gasteiger partial charge in [0.05, 0.1) is 16.7 Å². The smallest absolute Gasteiger partial charge is 0.166 e. The summed E-state index contributed by atoms with van der Waals surface area (Å²) in [6, 6.07) is 39.6. The third-order valence-corrected chi connectivity index (χ3v) is 7.04. The van der Waals surface area contributed by atoms with Gasteiger partial charge in [-0.1, -0.05) is 97.1 Å². The third-order valence-electron chi connectivity index (χ3n) is 7.04. The maximum atomic E-state index is 15.3. The van der Waals surface area contributed by atoms with Gasteiger partial charge in [0, 0.05) is 27.5 Å². The Labute approximate surface area is 225 Å². The Bertz CT molecular complexity index is 1870. The van der Waals surface area contributed by atoms with Gasteiger partial charge in [0.15, 0.2) is 17.5 Å². The highest BCUT2D eigenvalue weighted by Gasteiger charge is 2.20. The molecule has 0 fully saturated rings. The van der Waals surface area contributed by atoms with E-state index in [9.17, 15) is 0 Å². The number of nitrogens with zero attached hydrogens (tertiary/aromatic N) is 4. The Morgan fingerprint density at radius 1 is 0.538 bits per heavy atom. The van der Waals surface area contributed by atoms with Crippen molar-refractivity contribution in [2.45, 2.75) is 6.92 Å². The quantitative estimate of drug-likeness (QED) is 0.241. The summed E-state index contributed by atoms with van der Waals surface area (Å²) in [4.78, 5) is 14.7. The second-order valence-electron chi connectivity index (χ2n) is 9.53. The molecule has 2 aromatic heterocycles. The summed E-state index contributed by atoms with van der Waals surface area (Å²) in [5.74, 6) is 1.34. The lowest BCUT2D eigenvalue weighted by atomic mass is 10.1. The summed E-state index contributed by atoms with van der Waals surface area (Å²) >= 11 is 0. The van der Waals surface area contributed by atoms with Crippen LogP contribution >= 0.6 is 0 Å². The maximum Gasteiger partial charge on any atom is 0.166 e. The number of benzene rings is 5. The minimum absolute atomic E-state index is 0.281. The topological polar surface area (TPSA) is 43.6 Å². The van der Waals surface area contributed by atoms with Gasteiger partial charge in [0.1, 0.15) is 5.82 Å². The van der Waals surface area contributed by atoms with Gasteiger partial charge < -0.3 is 4.57 Å². The van der Waals surface area contributed by atoms with Crippen molar-refractivity contribution >= 4 is 21.8 Å². The van der Waals surface area contributed by atoms with Crippen molar-refractivity contribution in [3.63, 3.8) is 0 Å². The Kier molecular flexibility index (Phi) is 5.48. The molecule has 39 heavy (non-hydrogen) atoms. The molecule has 2 heterocycles. The molecule has 0 bridgehead atoms. The minimum Gasteiger partial charge on any atom is -0.308 e. The third kappa shape index (κ3) is 3.96. The monoisotopic (exact) mass is 506 g/mol. The first kappa shape index (κ1) is 23.0. The van der Waals surface area contributed by atoms with Crippen molar-refractivity contribution in [3.8, 4) is 39.9 Å². The summed E-state index contributed by atoms with van der Waals surface area (Å²) in [5, 5.41) is 2.20. The number of para-hydroxylation sites is 2. The molecule has 0 N–H and O–H groups in total. The second-order valence-corrected chi connectivity index (χ2v) is 9.53. The minimum atomic E-state index is -0.281. The molecule has 0 unspecified atom stereocenters. The summed E-state index contributed by atoms with van der Waals surface area (Å²) in [5.41, 5.74) is 5.69. The number of rotatable bonds is 4. The Morgan fingerprint density at radius 2 is 1.00 bits per heavy atom. The fourth-order valence-corrected chi connectivity index (χ4v) is 5.15. The fraction of sp³-hybridized carbons (Fsp3) is 0.0294. The number of aryl methyl sites for hydroxylation is 1. The van der Waals surface area contributed by atoms with Gasteiger partial charge in [-0.3, -0.25) is 0 Å². The molecular weight excluding hydrogens is 483 g/mol. The van der Waals surface area contributed by atoms with Gasteiger partial charge in [-0.15, -0.1) is 0 Å². The molecule has 0 aliphatic heterocycles. The number of halogens is 1. The summed E-state index contributed by atoms with van der Waals surface area (Å²) in [6.45, 7) is 1.77. The number of hydrogen-bond acceptors (Lipinski definition) is 3. The molecule has 4 nitrogen and oxygen atoms in total. The van der Waals surface area contributed by atoms with Crippen molar-refractivity contribution in [1.29, 1.82) is 0 Å². The molecule has 7 aromatic rings. The Balaban J connectivity index is 1.56. The maximum absolute atomic E-state index is 15.3. The first-order chi connectivity index (χ1) is 19.2. The number of hydrogen-bond donors (Lipinski definition) is 0. The van der Waals surface area contributed by atoms with Crippen molar-refractivity contribution in [2.75, 3.05) is 0 Å². The average molecular weight is 507 g/mol. The highest BCUT2D eigenvalue weighted by atomic mass is 19.1. The van der Waals surface area contributed by atoms with Crippen molar-refractivity contribution in [3.05, 3.63) is 133 Å². The molecular formula is C34H23FN4. The first-order valence-corrected chi connectivity index (χ1v) is 12.8. The predicted molar refractivity (Wildman–Crippen MR) is 155 cm³/mol. The van der Waals surface area contributed by atoms with E-state index >= 15 is 4.39 Å². The molecule has 0 atom stereocenters. The van der Waals surface area contributed by atoms with E-state index in [1.807, 2.05) is 91.0 Å². The van der Waals surface area contributed by atoms with Gasteiger partial charge >= 0.3 is 0 Å². The zero-order valence-corrected chi connectivity index (χ0v) is 21.2. The SMILES string of the molecule is Cc1cc(-c2nc(-c3ccccc3)nc(-c3ccccc3)n2)c(-n2c3ccccc3c3ccccc32)cc1F. The Hall–Kier alpha value is -5.16. The fourth-order valence-electron chi connectivity index (χ4n) is 5.15. The molecule has 0 spiro atoms. The lowest BCUT2D eigenvalue weighted by Crippen LogP contribution is -2.05. The largest absolute Gasteiger partial charge is 0.308 e. The zero-order valence-electron chi connectivity index (χ0n) is 21.2. The highest BCUT2D eigenvalue weighted by Crippen LogP contribution is 2.37. The summed E-state index contributed by atoms with van der Waals surface area (Å²) < 4.78 is 17.4. The van der Waals surface area contributed by atoms with Crippen LogP contribution in [0.15, 0.2) is 121 Å². The lowest BCUT2D eigenvalue weighted by Gasteiger charge is -2.16. The van der Waals surface area contributed by atoms with Crippen LogP contribution in [-0.4, -0.2) is 19.5 Å². The second kappa shape index (κ2) is 9.30. The van der Waals surface area contributed by atoms with E-state index in [2.05, 4.69) is 28.8 Å². The van der Waals surface area contributed by atoms with E-state index in [4.69, 9.17) is 15.0 Å². The number of fused-ring (bicyclic) bond motifs is 3. The molecule has 186 valence electrons. The molecule has 0 radical (unpaired) electrons. The predicted octanol–water partition coefficient (Wildman–Crippen LogP) is 8.42. The van der Waals surface area contributed by atoms with Crippen LogP contribution in [0.5, 0.6) is 0 Å². The van der Waals surface area contributed by atoms with Crippen molar-refractivity contribution in [1.82, 2.24) is 19.5 Å². The molecule has 0 saturated carbocycles. The average Bonchev–Trinajstić information content (AvgIpc) is 3.33. The zero-order chi connectivity index (χ0) is 26.3. The number of aromatic nitrogens is 4. The lowest BCUT2D eigenvalue weighted by molar-refractivity contribution is 0.618. The van der Waals surface area contributed by atoms with Crippen LogP contribution in [0, 0.1) is 12.7 Å². The summed E-state index contributed by atoms with van der Waals surface area (Å²) in [7, 11) is 0. The molecule has 0 saturated heterocycles. The standard InChI is InChI=1S/C34H23FN4/c1-22-20-27(31(21-28(22)35)39-29-18-10-8-16-25(29)26-17-9-11-19-30(26)39)34-37-32(23-12-4-2-5-13-23)36-33(38-34)24-14-6-3-7-15-24/h2-21H,1H3. The molecule has 7 rings (SSSR count). The van der Waals surface area contributed by atoms with Gasteiger partial charge in [0.2, 0.25) is 0 Å². The molecule has 0 amide bonds. The van der Waals surface area contributed by atoms with Crippen LogP contribution in [0.25, 0.3) is 61.7 Å². The van der Waals surface area contributed by atoms with Crippen LogP contribution in [0.2, 0.25) is 0 Å². The van der Waals surface area contributed by atoms with Crippen LogP contribution < -0.4 is 0 Å². The first-order valence-electron chi connectivity index (χ1n) is 12.8. The van der Waals surface area contributed by atoms with E-state index in [1.54, 1.807) is 13.0 Å². The van der Waals surface area contributed by atoms with Crippen molar-refractivity contribution in [2.24, 2.45) is 0 Å². The Morgan fingerprint density at radius 3 is 1.54 bits per heavy atom. The van der Waals surface area contributed by atoms with Gasteiger partial charge in [-0.25, -0.2) is 19.3 Å². The van der Waals surface area contributed by atoms with Crippen LogP contribution in [0.1, 0.15) is 5.56 Å². The van der Waals surface area contributed by atoms with E-state index < -0.39 is 0 Å². The molecule has 0 aliphatic carbocycles. The highest BCUT2D eigenvalue weighted by molar-refractivity contribution is 6.09. The van der Waals surface area contributed by atoms with Gasteiger partial charge in [-0.2, -0.15) is 0 Å². The molecule has 0 aliphatic rings. The summed E-state index contributed by atoms with van der Waals surface area (Å²) in [6.07, 6.45) is 0. The van der Waals surface area contributed by atoms with Crippen LogP contribution in [0.4, 0.5) is 4.39 Å². The van der Waals surface area contributed by atoms with Gasteiger partial charge in [0.25, 0.3) is 0 Å². The molecule has 5 aromatic carbocycles. The van der Waals surface area contributed by atoms with E-state index in [-0.39, 0.29) is 5.82 Å². The van der Waals surface area contributed by atoms with Crippen LogP contribution in [-0.2, 0) is 0 Å².